The molecule has 0 rings (SSSR count). The predicted octanol–water partition coefficient (Wildman–Crippen LogP) is 1.48. The van der Waals surface area contributed by atoms with Crippen molar-refractivity contribution in [3.63, 3.8) is 0 Å². The molecule has 0 aromatic heterocycles. The second-order valence-electron chi connectivity index (χ2n) is 3.10. The Balaban J connectivity index is 3.35. The maximum atomic E-state index is 11.8. The van der Waals surface area contributed by atoms with E-state index in [1.807, 2.05) is 6.92 Å². The quantitative estimate of drug-likeness (QED) is 0.650. The van der Waals surface area contributed by atoms with Crippen LogP contribution >= 0.6 is 0 Å². The molecular weight excluding hydrogens is 181 g/mol. The zero-order valence-corrected chi connectivity index (χ0v) is 8.12. The summed E-state index contributed by atoms with van der Waals surface area (Å²) in [7, 11) is 1.47. The molecule has 0 aliphatic heterocycles. The zero-order chi connectivity index (χ0) is 10.3. The Hall–Kier alpha value is -0.290. The molecule has 0 saturated heterocycles. The molecule has 0 bridgehead atoms. The van der Waals surface area contributed by atoms with Gasteiger partial charge in [-0.3, -0.25) is 4.90 Å². The molecule has 0 saturated carbocycles. The third-order valence-corrected chi connectivity index (χ3v) is 1.55. The molecule has 80 valence electrons. The second-order valence-corrected chi connectivity index (χ2v) is 3.10. The first-order valence-corrected chi connectivity index (χ1v) is 4.41. The SMILES string of the molecule is CCCNCCN(C)CC(F)(F)F. The normalized spacial score (nSPS) is 12.5. The van der Waals surface area contributed by atoms with E-state index in [-0.39, 0.29) is 0 Å². The molecule has 0 radical (unpaired) electrons. The van der Waals surface area contributed by atoms with Crippen molar-refractivity contribution < 1.29 is 13.2 Å². The van der Waals surface area contributed by atoms with E-state index in [9.17, 15) is 13.2 Å². The highest BCUT2D eigenvalue weighted by atomic mass is 19.4. The van der Waals surface area contributed by atoms with E-state index in [0.717, 1.165) is 13.0 Å². The summed E-state index contributed by atoms with van der Waals surface area (Å²) in [5, 5.41) is 3.04. The standard InChI is InChI=1S/C8H17F3N2/c1-3-4-12-5-6-13(2)7-8(9,10)11/h12H,3-7H2,1-2H3. The van der Waals surface area contributed by atoms with Crippen molar-refractivity contribution in [1.82, 2.24) is 10.2 Å². The molecule has 0 aliphatic rings. The van der Waals surface area contributed by atoms with Crippen LogP contribution < -0.4 is 5.32 Å². The van der Waals surface area contributed by atoms with Gasteiger partial charge in [-0.25, -0.2) is 0 Å². The first-order chi connectivity index (χ1) is 5.95. The highest BCUT2D eigenvalue weighted by Crippen LogP contribution is 2.14. The Morgan fingerprint density at radius 2 is 1.85 bits per heavy atom. The van der Waals surface area contributed by atoms with Gasteiger partial charge in [0.1, 0.15) is 0 Å². The Morgan fingerprint density at radius 3 is 2.31 bits per heavy atom. The van der Waals surface area contributed by atoms with Gasteiger partial charge in [-0.2, -0.15) is 13.2 Å². The third-order valence-electron chi connectivity index (χ3n) is 1.55. The first-order valence-electron chi connectivity index (χ1n) is 4.41. The molecule has 0 spiro atoms. The van der Waals surface area contributed by atoms with E-state index in [2.05, 4.69) is 5.32 Å². The minimum absolute atomic E-state index is 0.430. The summed E-state index contributed by atoms with van der Waals surface area (Å²) >= 11 is 0. The lowest BCUT2D eigenvalue weighted by Crippen LogP contribution is -2.36. The van der Waals surface area contributed by atoms with Crippen molar-refractivity contribution in [3.05, 3.63) is 0 Å². The number of likely N-dealkylation sites (N-methyl/N-ethyl adjacent to an activating group) is 1. The van der Waals surface area contributed by atoms with E-state index < -0.39 is 12.7 Å². The second kappa shape index (κ2) is 6.21. The summed E-state index contributed by atoms with van der Waals surface area (Å²) in [6, 6.07) is 0. The smallest absolute Gasteiger partial charge is 0.315 e. The number of alkyl halides is 3. The average molecular weight is 198 g/mol. The van der Waals surface area contributed by atoms with E-state index in [0.29, 0.717) is 13.1 Å². The van der Waals surface area contributed by atoms with Gasteiger partial charge < -0.3 is 5.32 Å². The van der Waals surface area contributed by atoms with Crippen LogP contribution in [-0.2, 0) is 0 Å². The molecule has 0 amide bonds. The van der Waals surface area contributed by atoms with E-state index >= 15 is 0 Å². The van der Waals surface area contributed by atoms with Crippen molar-refractivity contribution >= 4 is 0 Å². The lowest BCUT2D eigenvalue weighted by molar-refractivity contribution is -0.142. The zero-order valence-electron chi connectivity index (χ0n) is 8.12. The van der Waals surface area contributed by atoms with Crippen LogP contribution in [0.3, 0.4) is 0 Å². The largest absolute Gasteiger partial charge is 0.401 e. The predicted molar refractivity (Wildman–Crippen MR) is 46.7 cm³/mol. The number of nitrogens with one attached hydrogen (secondary N) is 1. The fraction of sp³-hybridized carbons (Fsp3) is 1.00. The van der Waals surface area contributed by atoms with E-state index in [1.165, 1.54) is 11.9 Å². The van der Waals surface area contributed by atoms with Crippen LogP contribution in [0.1, 0.15) is 13.3 Å². The van der Waals surface area contributed by atoms with Crippen LogP contribution in [-0.4, -0.2) is 44.3 Å². The van der Waals surface area contributed by atoms with Gasteiger partial charge in [0.25, 0.3) is 0 Å². The van der Waals surface area contributed by atoms with Crippen LogP contribution in [0.25, 0.3) is 0 Å². The molecule has 13 heavy (non-hydrogen) atoms. The minimum Gasteiger partial charge on any atom is -0.315 e. The van der Waals surface area contributed by atoms with Gasteiger partial charge in [-0.05, 0) is 20.0 Å². The van der Waals surface area contributed by atoms with Gasteiger partial charge in [-0.1, -0.05) is 6.92 Å². The molecule has 0 aliphatic carbocycles. The molecule has 1 N–H and O–H groups in total. The summed E-state index contributed by atoms with van der Waals surface area (Å²) in [6.07, 6.45) is -3.08. The van der Waals surface area contributed by atoms with Crippen molar-refractivity contribution in [2.75, 3.05) is 33.2 Å². The lowest BCUT2D eigenvalue weighted by atomic mass is 10.4. The topological polar surface area (TPSA) is 15.3 Å². The van der Waals surface area contributed by atoms with Gasteiger partial charge in [0.05, 0.1) is 6.54 Å². The fourth-order valence-corrected chi connectivity index (χ4v) is 0.957. The van der Waals surface area contributed by atoms with Crippen LogP contribution in [0, 0.1) is 0 Å². The van der Waals surface area contributed by atoms with Crippen LogP contribution in [0.5, 0.6) is 0 Å². The van der Waals surface area contributed by atoms with Crippen LogP contribution in [0.2, 0.25) is 0 Å². The molecule has 0 heterocycles. The molecule has 0 unspecified atom stereocenters. The summed E-state index contributed by atoms with van der Waals surface area (Å²) in [5.41, 5.74) is 0. The first kappa shape index (κ1) is 12.7. The van der Waals surface area contributed by atoms with Crippen molar-refractivity contribution in [2.24, 2.45) is 0 Å². The maximum absolute atomic E-state index is 11.8. The van der Waals surface area contributed by atoms with Crippen LogP contribution in [0.4, 0.5) is 13.2 Å². The highest BCUT2D eigenvalue weighted by Gasteiger charge is 2.28. The molecule has 0 fully saturated rings. The summed E-state index contributed by atoms with van der Waals surface area (Å²) in [4.78, 5) is 1.27. The molecular formula is C8H17F3N2. The molecule has 0 aromatic rings. The summed E-state index contributed by atoms with van der Waals surface area (Å²) in [6.45, 7) is 3.09. The van der Waals surface area contributed by atoms with E-state index in [4.69, 9.17) is 0 Å². The van der Waals surface area contributed by atoms with Gasteiger partial charge in [-0.15, -0.1) is 0 Å². The van der Waals surface area contributed by atoms with Gasteiger partial charge in [0, 0.05) is 13.1 Å². The van der Waals surface area contributed by atoms with Crippen molar-refractivity contribution in [3.8, 4) is 0 Å². The van der Waals surface area contributed by atoms with Crippen LogP contribution in [0.15, 0.2) is 0 Å². The average Bonchev–Trinajstić information content (AvgIpc) is 1.94. The molecule has 0 aromatic carbocycles. The molecule has 2 nitrogen and oxygen atoms in total. The lowest BCUT2D eigenvalue weighted by Gasteiger charge is -2.18. The number of halogens is 3. The molecule has 0 atom stereocenters. The summed E-state index contributed by atoms with van der Waals surface area (Å²) in [5.74, 6) is 0. The Bertz CT molecular complexity index is 125. The van der Waals surface area contributed by atoms with Crippen molar-refractivity contribution in [2.45, 2.75) is 19.5 Å². The van der Waals surface area contributed by atoms with Gasteiger partial charge >= 0.3 is 6.18 Å². The minimum atomic E-state index is -4.08. The Labute approximate surface area is 77.1 Å². The Kier molecular flexibility index (Phi) is 6.07. The van der Waals surface area contributed by atoms with Gasteiger partial charge in [0.2, 0.25) is 0 Å². The number of nitrogens with zero attached hydrogens (tertiary/aromatic N) is 1. The van der Waals surface area contributed by atoms with Gasteiger partial charge in [0.15, 0.2) is 0 Å². The third kappa shape index (κ3) is 9.63. The summed E-state index contributed by atoms with van der Waals surface area (Å²) < 4.78 is 35.5. The Morgan fingerprint density at radius 1 is 1.23 bits per heavy atom. The number of hydrogen-bond acceptors (Lipinski definition) is 2. The number of rotatable bonds is 6. The number of hydrogen-bond donors (Lipinski definition) is 1. The maximum Gasteiger partial charge on any atom is 0.401 e. The highest BCUT2D eigenvalue weighted by molar-refractivity contribution is 4.59. The van der Waals surface area contributed by atoms with Crippen molar-refractivity contribution in [1.29, 1.82) is 0 Å². The fourth-order valence-electron chi connectivity index (χ4n) is 0.957. The molecule has 5 heteroatoms. The van der Waals surface area contributed by atoms with E-state index in [1.54, 1.807) is 0 Å². The monoisotopic (exact) mass is 198 g/mol.